The summed E-state index contributed by atoms with van der Waals surface area (Å²) >= 11 is 1.32. The monoisotopic (exact) mass is 460 g/mol. The fraction of sp³-hybridized carbons (Fsp3) is 0.400. The molecule has 8 heteroatoms. The van der Waals surface area contributed by atoms with Crippen molar-refractivity contribution in [3.8, 4) is 6.07 Å². The van der Waals surface area contributed by atoms with Gasteiger partial charge in [-0.15, -0.1) is 11.3 Å². The van der Waals surface area contributed by atoms with Gasteiger partial charge in [-0.1, -0.05) is 13.0 Å². The minimum Gasteiger partial charge on any atom is -0.397 e. The third kappa shape index (κ3) is 4.14. The van der Waals surface area contributed by atoms with Crippen LogP contribution in [0.4, 0.5) is 11.4 Å². The van der Waals surface area contributed by atoms with Gasteiger partial charge >= 0.3 is 0 Å². The van der Waals surface area contributed by atoms with Gasteiger partial charge in [-0.2, -0.15) is 5.26 Å². The van der Waals surface area contributed by atoms with E-state index >= 15 is 0 Å². The van der Waals surface area contributed by atoms with Crippen LogP contribution in [0.1, 0.15) is 52.2 Å². The third-order valence-electron chi connectivity index (χ3n) is 6.78. The molecule has 33 heavy (non-hydrogen) atoms. The minimum atomic E-state index is -0.187. The van der Waals surface area contributed by atoms with E-state index in [-0.39, 0.29) is 11.8 Å². The summed E-state index contributed by atoms with van der Waals surface area (Å²) in [6, 6.07) is 13.3. The Hall–Kier alpha value is -3.15. The molecule has 0 saturated carbocycles. The molecule has 2 saturated heterocycles. The van der Waals surface area contributed by atoms with Gasteiger partial charge in [0.1, 0.15) is 15.8 Å². The van der Waals surface area contributed by atoms with Crippen molar-refractivity contribution in [1.29, 1.82) is 5.26 Å². The number of rotatable bonds is 5. The number of amides is 1. The van der Waals surface area contributed by atoms with Crippen LogP contribution >= 0.6 is 11.3 Å². The fourth-order valence-corrected chi connectivity index (χ4v) is 5.98. The molecule has 1 aromatic carbocycles. The molecule has 3 atom stereocenters. The average molecular weight is 461 g/mol. The lowest BCUT2D eigenvalue weighted by atomic mass is 9.97. The molecule has 2 aliphatic rings. The Morgan fingerprint density at radius 2 is 2.09 bits per heavy atom. The molecule has 0 spiro atoms. The number of carbonyl (C=O) groups excluding carboxylic acids is 1. The first-order chi connectivity index (χ1) is 15.9. The van der Waals surface area contributed by atoms with Gasteiger partial charge in [-0.05, 0) is 55.5 Å². The Morgan fingerprint density at radius 1 is 1.33 bits per heavy atom. The van der Waals surface area contributed by atoms with Gasteiger partial charge in [0.25, 0.3) is 5.91 Å². The van der Waals surface area contributed by atoms with Crippen molar-refractivity contribution < 1.29 is 4.79 Å². The Bertz CT molecular complexity index is 1250. The van der Waals surface area contributed by atoms with E-state index in [1.54, 1.807) is 0 Å². The van der Waals surface area contributed by atoms with Crippen molar-refractivity contribution in [2.75, 3.05) is 30.3 Å². The lowest BCUT2D eigenvalue weighted by Crippen LogP contribution is -2.51. The highest BCUT2D eigenvalue weighted by Gasteiger charge is 2.33. The Labute approximate surface area is 197 Å². The second kappa shape index (κ2) is 8.65. The highest BCUT2D eigenvalue weighted by Crippen LogP contribution is 2.33. The average Bonchev–Trinajstić information content (AvgIpc) is 3.34. The number of nitriles is 1. The summed E-state index contributed by atoms with van der Waals surface area (Å²) in [5.41, 5.74) is 10.3. The summed E-state index contributed by atoms with van der Waals surface area (Å²) in [5, 5.41) is 17.3. The molecule has 5 rings (SSSR count). The largest absolute Gasteiger partial charge is 0.397 e. The first-order valence-electron chi connectivity index (χ1n) is 11.4. The SMILES string of the molecule is Cc1ccc2c(N)c(C(=O)NC[C@H](C)c3ccc(N4CC5CCC(C4)N5)c(C#N)c3)sc2n1. The number of thiophene rings is 1. The maximum atomic E-state index is 12.8. The number of nitrogens with two attached hydrogens (primary N) is 1. The quantitative estimate of drug-likeness (QED) is 0.538. The number of nitrogens with one attached hydrogen (secondary N) is 2. The third-order valence-corrected chi connectivity index (χ3v) is 7.89. The Balaban J connectivity index is 1.28. The van der Waals surface area contributed by atoms with Gasteiger partial charge in [0.15, 0.2) is 0 Å². The number of aromatic nitrogens is 1. The minimum absolute atomic E-state index is 0.0604. The predicted octanol–water partition coefficient (Wildman–Crippen LogP) is 3.53. The van der Waals surface area contributed by atoms with E-state index in [1.165, 1.54) is 24.2 Å². The van der Waals surface area contributed by atoms with E-state index in [4.69, 9.17) is 5.73 Å². The molecule has 2 unspecified atom stereocenters. The van der Waals surface area contributed by atoms with Crippen molar-refractivity contribution in [3.63, 3.8) is 0 Å². The topological polar surface area (TPSA) is 107 Å². The molecule has 4 N–H and O–H groups in total. The molecule has 0 radical (unpaired) electrons. The van der Waals surface area contributed by atoms with Crippen LogP contribution in [0.15, 0.2) is 30.3 Å². The number of pyridine rings is 1. The zero-order valence-corrected chi connectivity index (χ0v) is 19.7. The summed E-state index contributed by atoms with van der Waals surface area (Å²) < 4.78 is 0. The summed E-state index contributed by atoms with van der Waals surface area (Å²) in [5.74, 6) is -0.126. The number of nitrogens with zero attached hydrogens (tertiary/aromatic N) is 3. The summed E-state index contributed by atoms with van der Waals surface area (Å²) in [6.07, 6.45) is 2.41. The van der Waals surface area contributed by atoms with Crippen molar-refractivity contribution in [2.45, 2.75) is 44.7 Å². The van der Waals surface area contributed by atoms with E-state index in [1.807, 2.05) is 25.1 Å². The number of hydrogen-bond donors (Lipinski definition) is 3. The van der Waals surface area contributed by atoms with Gasteiger partial charge in [-0.3, -0.25) is 4.79 Å². The summed E-state index contributed by atoms with van der Waals surface area (Å²) in [6.45, 7) is 6.33. The van der Waals surface area contributed by atoms with Gasteiger partial charge in [0, 0.05) is 42.8 Å². The number of nitrogen functional groups attached to an aromatic ring is 1. The molecule has 7 nitrogen and oxygen atoms in total. The number of carbonyl (C=O) groups is 1. The molecule has 3 aromatic rings. The number of fused-ring (bicyclic) bond motifs is 3. The summed E-state index contributed by atoms with van der Waals surface area (Å²) in [4.78, 5) is 20.9. The van der Waals surface area contributed by atoms with E-state index in [2.05, 4.69) is 45.6 Å². The lowest BCUT2D eigenvalue weighted by molar-refractivity contribution is 0.0956. The molecule has 0 aliphatic carbocycles. The van der Waals surface area contributed by atoms with Gasteiger partial charge in [0.05, 0.1) is 16.9 Å². The number of piperazine rings is 1. The van der Waals surface area contributed by atoms with E-state index in [0.717, 1.165) is 40.3 Å². The normalized spacial score (nSPS) is 20.6. The highest BCUT2D eigenvalue weighted by molar-refractivity contribution is 7.21. The second-order valence-electron chi connectivity index (χ2n) is 9.19. The van der Waals surface area contributed by atoms with Crippen molar-refractivity contribution >= 4 is 38.8 Å². The molecule has 2 aromatic heterocycles. The molecule has 2 fully saturated rings. The van der Waals surface area contributed by atoms with Gasteiger partial charge in [-0.25, -0.2) is 4.98 Å². The molecule has 2 aliphatic heterocycles. The van der Waals surface area contributed by atoms with Crippen molar-refractivity contribution in [2.24, 2.45) is 0 Å². The van der Waals surface area contributed by atoms with Crippen LogP contribution in [0, 0.1) is 18.3 Å². The number of aryl methyl sites for hydroxylation is 1. The fourth-order valence-electron chi connectivity index (χ4n) is 4.92. The van der Waals surface area contributed by atoms with Gasteiger partial charge < -0.3 is 21.3 Å². The first kappa shape index (κ1) is 21.7. The van der Waals surface area contributed by atoms with Crippen LogP contribution in [-0.4, -0.2) is 42.6 Å². The summed E-state index contributed by atoms with van der Waals surface area (Å²) in [7, 11) is 0. The number of benzene rings is 1. The van der Waals surface area contributed by atoms with Crippen LogP contribution in [0.5, 0.6) is 0 Å². The van der Waals surface area contributed by atoms with Gasteiger partial charge in [0.2, 0.25) is 0 Å². The zero-order chi connectivity index (χ0) is 23.1. The van der Waals surface area contributed by atoms with Crippen LogP contribution in [-0.2, 0) is 0 Å². The highest BCUT2D eigenvalue weighted by atomic mass is 32.1. The number of anilines is 2. The zero-order valence-electron chi connectivity index (χ0n) is 18.9. The van der Waals surface area contributed by atoms with E-state index in [9.17, 15) is 10.1 Å². The van der Waals surface area contributed by atoms with Crippen LogP contribution < -0.4 is 21.3 Å². The van der Waals surface area contributed by atoms with Crippen LogP contribution in [0.2, 0.25) is 0 Å². The molecule has 2 bridgehead atoms. The van der Waals surface area contributed by atoms with E-state index in [0.29, 0.717) is 34.8 Å². The lowest BCUT2D eigenvalue weighted by Gasteiger charge is -2.35. The molecular weight excluding hydrogens is 432 g/mol. The van der Waals surface area contributed by atoms with Crippen molar-refractivity contribution in [3.05, 3.63) is 52.0 Å². The smallest absolute Gasteiger partial charge is 0.263 e. The molecular formula is C25H28N6OS. The molecule has 170 valence electrons. The van der Waals surface area contributed by atoms with Crippen molar-refractivity contribution in [1.82, 2.24) is 15.6 Å². The standard InChI is InChI=1S/C25H28N6OS/c1-14(11-28-24(32)23-22(27)20-7-3-15(2)29-25(20)33-23)16-4-8-21(17(9-16)10-26)31-12-18-5-6-19(13-31)30-18/h3-4,7-9,14,18-19,30H,5-6,11-13,27H2,1-2H3,(H,28,32)/t14-,18?,19?/m0/s1. The predicted molar refractivity (Wildman–Crippen MR) is 133 cm³/mol. The van der Waals surface area contributed by atoms with Crippen LogP contribution in [0.25, 0.3) is 10.2 Å². The molecule has 1 amide bonds. The first-order valence-corrected chi connectivity index (χ1v) is 12.2. The maximum absolute atomic E-state index is 12.8. The molecule has 4 heterocycles. The maximum Gasteiger partial charge on any atom is 0.263 e. The number of hydrogen-bond acceptors (Lipinski definition) is 7. The second-order valence-corrected chi connectivity index (χ2v) is 10.2. The van der Waals surface area contributed by atoms with Crippen LogP contribution in [0.3, 0.4) is 0 Å². The van der Waals surface area contributed by atoms with E-state index < -0.39 is 0 Å². The Morgan fingerprint density at radius 3 is 2.82 bits per heavy atom. The Kier molecular flexibility index (Phi) is 5.69.